The fourth-order valence-electron chi connectivity index (χ4n) is 1.50. The van der Waals surface area contributed by atoms with Gasteiger partial charge in [-0.05, 0) is 32.0 Å². The van der Waals surface area contributed by atoms with Gasteiger partial charge in [0, 0.05) is 12.1 Å². The summed E-state index contributed by atoms with van der Waals surface area (Å²) in [6.45, 7) is 3.86. The number of rotatable bonds is 3. The van der Waals surface area contributed by atoms with Gasteiger partial charge in [-0.25, -0.2) is 4.39 Å². The first kappa shape index (κ1) is 11.1. The molecule has 3 heteroatoms. The van der Waals surface area contributed by atoms with Crippen LogP contribution in [0.4, 0.5) is 4.39 Å². The minimum absolute atomic E-state index is 0.298. The molecular formula is C11H16FNO. The third-order valence-corrected chi connectivity index (χ3v) is 2.32. The van der Waals surface area contributed by atoms with E-state index in [1.807, 2.05) is 6.07 Å². The van der Waals surface area contributed by atoms with Crippen LogP contribution in [-0.2, 0) is 0 Å². The van der Waals surface area contributed by atoms with Crippen molar-refractivity contribution in [2.75, 3.05) is 13.6 Å². The first-order valence-corrected chi connectivity index (χ1v) is 4.66. The summed E-state index contributed by atoms with van der Waals surface area (Å²) in [6, 6.07) is 3.55. The Balaban J connectivity index is 3.11. The van der Waals surface area contributed by atoms with E-state index in [1.165, 1.54) is 0 Å². The molecule has 0 radical (unpaired) electrons. The Morgan fingerprint density at radius 3 is 2.50 bits per heavy atom. The maximum Gasteiger partial charge on any atom is 0.132 e. The molecule has 1 rings (SSSR count). The summed E-state index contributed by atoms with van der Waals surface area (Å²) in [7, 11) is 1.73. The lowest BCUT2D eigenvalue weighted by atomic mass is 10.00. The van der Waals surface area contributed by atoms with E-state index in [2.05, 4.69) is 5.32 Å². The molecule has 0 spiro atoms. The lowest BCUT2D eigenvalue weighted by Crippen LogP contribution is -2.19. The molecule has 1 aromatic rings. The van der Waals surface area contributed by atoms with Crippen LogP contribution in [0.25, 0.3) is 0 Å². The molecule has 2 nitrogen and oxygen atoms in total. The first-order chi connectivity index (χ1) is 6.57. The molecular weight excluding hydrogens is 181 g/mol. The van der Waals surface area contributed by atoms with Crippen LogP contribution < -0.4 is 5.32 Å². The number of nitrogens with one attached hydrogen (secondary N) is 1. The molecule has 0 fully saturated rings. The van der Waals surface area contributed by atoms with Gasteiger partial charge in [-0.15, -0.1) is 0 Å². The SMILES string of the molecule is CNCC(O)c1c(C)ccc(C)c1F. The lowest BCUT2D eigenvalue weighted by molar-refractivity contribution is 0.172. The zero-order valence-electron chi connectivity index (χ0n) is 8.76. The molecule has 0 saturated heterocycles. The number of aliphatic hydroxyl groups excluding tert-OH is 1. The third kappa shape index (κ3) is 2.11. The zero-order chi connectivity index (χ0) is 10.7. The van der Waals surface area contributed by atoms with E-state index in [9.17, 15) is 9.50 Å². The van der Waals surface area contributed by atoms with Gasteiger partial charge in [-0.3, -0.25) is 0 Å². The number of likely N-dealkylation sites (N-methyl/N-ethyl adjacent to an activating group) is 1. The van der Waals surface area contributed by atoms with E-state index in [-0.39, 0.29) is 5.82 Å². The van der Waals surface area contributed by atoms with Crippen molar-refractivity contribution in [3.8, 4) is 0 Å². The average molecular weight is 197 g/mol. The summed E-state index contributed by atoms with van der Waals surface area (Å²) in [5.74, 6) is -0.298. The Morgan fingerprint density at radius 2 is 1.93 bits per heavy atom. The Bertz CT molecular complexity index is 325. The Hall–Kier alpha value is -0.930. The molecule has 2 N–H and O–H groups in total. The van der Waals surface area contributed by atoms with Gasteiger partial charge in [-0.2, -0.15) is 0 Å². The van der Waals surface area contributed by atoms with E-state index in [4.69, 9.17) is 0 Å². The third-order valence-electron chi connectivity index (χ3n) is 2.32. The highest BCUT2D eigenvalue weighted by Gasteiger charge is 2.16. The van der Waals surface area contributed by atoms with Gasteiger partial charge in [0.25, 0.3) is 0 Å². The molecule has 78 valence electrons. The predicted molar refractivity (Wildman–Crippen MR) is 54.8 cm³/mol. The fourth-order valence-corrected chi connectivity index (χ4v) is 1.50. The van der Waals surface area contributed by atoms with Crippen LogP contribution >= 0.6 is 0 Å². The Morgan fingerprint density at radius 1 is 1.36 bits per heavy atom. The summed E-state index contributed by atoms with van der Waals surface area (Å²) in [4.78, 5) is 0. The Kier molecular flexibility index (Phi) is 3.61. The van der Waals surface area contributed by atoms with Crippen molar-refractivity contribution in [2.24, 2.45) is 0 Å². The largest absolute Gasteiger partial charge is 0.387 e. The molecule has 0 amide bonds. The van der Waals surface area contributed by atoms with Gasteiger partial charge in [-0.1, -0.05) is 12.1 Å². The van der Waals surface area contributed by atoms with Crippen LogP contribution in [0.5, 0.6) is 0 Å². The molecule has 0 aliphatic carbocycles. The molecule has 1 aromatic carbocycles. The highest BCUT2D eigenvalue weighted by Crippen LogP contribution is 2.23. The van der Waals surface area contributed by atoms with Crippen molar-refractivity contribution in [2.45, 2.75) is 20.0 Å². The van der Waals surface area contributed by atoms with E-state index >= 15 is 0 Å². The van der Waals surface area contributed by atoms with Crippen LogP contribution in [0.15, 0.2) is 12.1 Å². The maximum absolute atomic E-state index is 13.6. The van der Waals surface area contributed by atoms with Crippen LogP contribution in [0.3, 0.4) is 0 Å². The minimum atomic E-state index is -0.778. The molecule has 0 aliphatic rings. The second-order valence-corrected chi connectivity index (χ2v) is 3.50. The maximum atomic E-state index is 13.6. The number of hydrogen-bond acceptors (Lipinski definition) is 2. The van der Waals surface area contributed by atoms with Crippen molar-refractivity contribution in [3.05, 3.63) is 34.6 Å². The normalized spacial score (nSPS) is 12.9. The van der Waals surface area contributed by atoms with Crippen molar-refractivity contribution >= 4 is 0 Å². The minimum Gasteiger partial charge on any atom is -0.387 e. The van der Waals surface area contributed by atoms with E-state index < -0.39 is 6.10 Å². The summed E-state index contributed by atoms with van der Waals surface area (Å²) in [6.07, 6.45) is -0.778. The van der Waals surface area contributed by atoms with Crippen LogP contribution in [-0.4, -0.2) is 18.7 Å². The molecule has 1 unspecified atom stereocenters. The van der Waals surface area contributed by atoms with E-state index in [1.54, 1.807) is 27.0 Å². The summed E-state index contributed by atoms with van der Waals surface area (Å²) >= 11 is 0. The molecule has 1 atom stereocenters. The van der Waals surface area contributed by atoms with Crippen molar-refractivity contribution in [1.29, 1.82) is 0 Å². The topological polar surface area (TPSA) is 32.3 Å². The smallest absolute Gasteiger partial charge is 0.132 e. The lowest BCUT2D eigenvalue weighted by Gasteiger charge is -2.15. The number of hydrogen-bond donors (Lipinski definition) is 2. The second-order valence-electron chi connectivity index (χ2n) is 3.50. The molecule has 0 aliphatic heterocycles. The standard InChI is InChI=1S/C11H16FNO/c1-7-4-5-8(2)11(12)10(7)9(14)6-13-3/h4-5,9,13-14H,6H2,1-3H3. The quantitative estimate of drug-likeness (QED) is 0.773. The van der Waals surface area contributed by atoms with Gasteiger partial charge in [0.2, 0.25) is 0 Å². The second kappa shape index (κ2) is 4.53. The summed E-state index contributed by atoms with van der Waals surface area (Å²) in [5, 5.41) is 12.5. The molecule has 14 heavy (non-hydrogen) atoms. The van der Waals surface area contributed by atoms with Crippen LogP contribution in [0.1, 0.15) is 22.8 Å². The zero-order valence-corrected chi connectivity index (χ0v) is 8.76. The average Bonchev–Trinajstić information content (AvgIpc) is 2.13. The van der Waals surface area contributed by atoms with Crippen LogP contribution in [0.2, 0.25) is 0 Å². The fraction of sp³-hybridized carbons (Fsp3) is 0.455. The first-order valence-electron chi connectivity index (χ1n) is 4.66. The molecule has 0 saturated carbocycles. The van der Waals surface area contributed by atoms with Crippen molar-refractivity contribution in [3.63, 3.8) is 0 Å². The summed E-state index contributed by atoms with van der Waals surface area (Å²) < 4.78 is 13.6. The highest BCUT2D eigenvalue weighted by atomic mass is 19.1. The van der Waals surface area contributed by atoms with Gasteiger partial charge in [0.05, 0.1) is 6.10 Å². The van der Waals surface area contributed by atoms with Gasteiger partial charge in [0.1, 0.15) is 5.82 Å². The summed E-state index contributed by atoms with van der Waals surface area (Å²) in [5.41, 5.74) is 1.76. The van der Waals surface area contributed by atoms with Gasteiger partial charge in [0.15, 0.2) is 0 Å². The molecule has 0 bridgehead atoms. The van der Waals surface area contributed by atoms with E-state index in [0.717, 1.165) is 5.56 Å². The van der Waals surface area contributed by atoms with Gasteiger partial charge < -0.3 is 10.4 Å². The molecule has 0 aromatic heterocycles. The van der Waals surface area contributed by atoms with E-state index in [0.29, 0.717) is 17.7 Å². The number of halogens is 1. The van der Waals surface area contributed by atoms with Gasteiger partial charge >= 0.3 is 0 Å². The number of aryl methyl sites for hydroxylation is 2. The monoisotopic (exact) mass is 197 g/mol. The number of aliphatic hydroxyl groups is 1. The van der Waals surface area contributed by atoms with Crippen molar-refractivity contribution in [1.82, 2.24) is 5.32 Å². The number of benzene rings is 1. The highest BCUT2D eigenvalue weighted by molar-refractivity contribution is 5.34. The molecule has 0 heterocycles. The van der Waals surface area contributed by atoms with Crippen molar-refractivity contribution < 1.29 is 9.50 Å². The Labute approximate surface area is 83.8 Å². The predicted octanol–water partition coefficient (Wildman–Crippen LogP) is 1.70. The van der Waals surface area contributed by atoms with Crippen LogP contribution in [0, 0.1) is 19.7 Å².